The van der Waals surface area contributed by atoms with Crippen LogP contribution >= 0.6 is 7.60 Å². The minimum Gasteiger partial charge on any atom is -0.388 e. The molecule has 2 heterocycles. The number of rotatable bonds is 9. The molecule has 31 heavy (non-hydrogen) atoms. The van der Waals surface area contributed by atoms with Crippen molar-refractivity contribution >= 4 is 19.3 Å². The fourth-order valence-corrected chi connectivity index (χ4v) is 5.70. The van der Waals surface area contributed by atoms with Crippen LogP contribution in [0.5, 0.6) is 0 Å². The number of hydrogen-bond acceptors (Lipinski definition) is 8. The number of hydrogen-bond donors (Lipinski definition) is 6. The summed E-state index contributed by atoms with van der Waals surface area (Å²) in [5.74, 6) is -1.44. The lowest BCUT2D eigenvalue weighted by Crippen LogP contribution is -2.47. The van der Waals surface area contributed by atoms with Crippen LogP contribution in [-0.4, -0.2) is 67.3 Å². The monoisotopic (exact) mass is 462 g/mol. The Bertz CT molecular complexity index is 783. The first-order chi connectivity index (χ1) is 14.2. The van der Waals surface area contributed by atoms with Crippen LogP contribution in [0.4, 0.5) is 0 Å². The third kappa shape index (κ3) is 5.11. The van der Waals surface area contributed by atoms with Gasteiger partial charge in [-0.25, -0.2) is 0 Å². The Hall–Kier alpha value is -1.13. The highest BCUT2D eigenvalue weighted by Crippen LogP contribution is 2.60. The van der Waals surface area contributed by atoms with Crippen LogP contribution in [0.15, 0.2) is 11.6 Å². The van der Waals surface area contributed by atoms with Crippen LogP contribution in [0.2, 0.25) is 0 Å². The lowest BCUT2D eigenvalue weighted by Gasteiger charge is -2.38. The van der Waals surface area contributed by atoms with Gasteiger partial charge in [0.05, 0.1) is 17.6 Å². The summed E-state index contributed by atoms with van der Waals surface area (Å²) in [4.78, 5) is 22.8. The summed E-state index contributed by atoms with van der Waals surface area (Å²) in [7, 11) is -4.45. The average molecular weight is 462 g/mol. The maximum atomic E-state index is 12.9. The van der Waals surface area contributed by atoms with Crippen molar-refractivity contribution in [2.24, 2.45) is 5.92 Å². The molecule has 6 N–H and O–H groups in total. The third-order valence-electron chi connectivity index (χ3n) is 6.51. The molecule has 0 radical (unpaired) electrons. The molecule has 1 fully saturated rings. The smallest absolute Gasteiger partial charge is 0.359 e. The largest absolute Gasteiger partial charge is 0.388 e. The molecule has 0 saturated carbocycles. The van der Waals surface area contributed by atoms with Crippen molar-refractivity contribution in [3.05, 3.63) is 11.6 Å². The fraction of sp³-hybridized carbons (Fsp3) is 0.800. The Kier molecular flexibility index (Phi) is 7.91. The molecule has 2 aliphatic heterocycles. The summed E-state index contributed by atoms with van der Waals surface area (Å²) in [5, 5.41) is 39.8. The van der Waals surface area contributed by atoms with Gasteiger partial charge >= 0.3 is 7.60 Å². The van der Waals surface area contributed by atoms with E-state index < -0.39 is 54.8 Å². The van der Waals surface area contributed by atoms with Gasteiger partial charge in [-0.1, -0.05) is 26.8 Å². The van der Waals surface area contributed by atoms with Crippen molar-refractivity contribution in [1.82, 2.24) is 5.32 Å². The molecule has 0 bridgehead atoms. The van der Waals surface area contributed by atoms with E-state index in [0.29, 0.717) is 5.57 Å². The Labute approximate surface area is 182 Å². The minimum absolute atomic E-state index is 0.0257. The van der Waals surface area contributed by atoms with Gasteiger partial charge in [0, 0.05) is 6.42 Å². The van der Waals surface area contributed by atoms with E-state index in [1.165, 1.54) is 6.08 Å². The number of amides is 1. The SMILES string of the molecule is CCC(C)(C[C@H]1O[C@@H](C2C=C(C)C(=N)NC2=O)[C@H](O)[C@@H]1O)OP(=O)(O)C(O)(CC)CC. The Morgan fingerprint density at radius 3 is 2.32 bits per heavy atom. The molecule has 10 nitrogen and oxygen atoms in total. The summed E-state index contributed by atoms with van der Waals surface area (Å²) in [5.41, 5.74) is -0.731. The van der Waals surface area contributed by atoms with E-state index in [-0.39, 0.29) is 31.5 Å². The van der Waals surface area contributed by atoms with Crippen LogP contribution in [-0.2, 0) is 18.6 Å². The first-order valence-corrected chi connectivity index (χ1v) is 12.2. The van der Waals surface area contributed by atoms with E-state index in [1.807, 2.05) is 0 Å². The second-order valence-corrected chi connectivity index (χ2v) is 10.7. The molecular formula is C20H35N2O8P. The second-order valence-electron chi connectivity index (χ2n) is 8.67. The van der Waals surface area contributed by atoms with Crippen LogP contribution in [0, 0.1) is 11.3 Å². The molecule has 2 rings (SSSR count). The highest BCUT2D eigenvalue weighted by Gasteiger charge is 2.53. The summed E-state index contributed by atoms with van der Waals surface area (Å²) < 4.78 is 24.3. The number of ether oxygens (including phenoxy) is 1. The van der Waals surface area contributed by atoms with Gasteiger partial charge < -0.3 is 34.8 Å². The van der Waals surface area contributed by atoms with E-state index in [2.05, 4.69) is 5.32 Å². The van der Waals surface area contributed by atoms with Crippen LogP contribution in [0.3, 0.4) is 0 Å². The Morgan fingerprint density at radius 2 is 1.81 bits per heavy atom. The van der Waals surface area contributed by atoms with Crippen LogP contribution in [0.1, 0.15) is 60.3 Å². The molecule has 1 saturated heterocycles. The van der Waals surface area contributed by atoms with Gasteiger partial charge in [0.1, 0.15) is 24.1 Å². The maximum Gasteiger partial charge on any atom is 0.359 e. The summed E-state index contributed by atoms with van der Waals surface area (Å²) in [6, 6.07) is 0. The predicted octanol–water partition coefficient (Wildman–Crippen LogP) is 1.41. The van der Waals surface area contributed by atoms with Crippen molar-refractivity contribution < 1.29 is 38.8 Å². The molecule has 2 aliphatic rings. The lowest BCUT2D eigenvalue weighted by molar-refractivity contribution is -0.129. The molecular weight excluding hydrogens is 427 g/mol. The molecule has 1 amide bonds. The van der Waals surface area contributed by atoms with Gasteiger partial charge in [0.2, 0.25) is 5.91 Å². The van der Waals surface area contributed by atoms with Gasteiger partial charge in [-0.2, -0.15) is 0 Å². The fourth-order valence-electron chi connectivity index (χ4n) is 3.93. The minimum atomic E-state index is -4.45. The zero-order chi connectivity index (χ0) is 23.8. The van der Waals surface area contributed by atoms with Crippen molar-refractivity contribution in [1.29, 1.82) is 5.41 Å². The molecule has 0 aliphatic carbocycles. The predicted molar refractivity (Wildman–Crippen MR) is 114 cm³/mol. The first-order valence-electron chi connectivity index (χ1n) is 10.6. The van der Waals surface area contributed by atoms with E-state index >= 15 is 0 Å². The zero-order valence-corrected chi connectivity index (χ0v) is 19.6. The quantitative estimate of drug-likeness (QED) is 0.279. The molecule has 0 aromatic carbocycles. The highest BCUT2D eigenvalue weighted by atomic mass is 31.2. The molecule has 11 heteroatoms. The first kappa shape index (κ1) is 26.1. The van der Waals surface area contributed by atoms with Crippen molar-refractivity contribution in [2.45, 2.75) is 95.7 Å². The van der Waals surface area contributed by atoms with Gasteiger partial charge in [-0.3, -0.25) is 14.8 Å². The van der Waals surface area contributed by atoms with Gasteiger partial charge in [0.25, 0.3) is 0 Å². The standard InChI is InChI=1S/C20H35N2O8P/c1-6-19(5,30-31(27,28)20(26,7-2)8-3)10-13-14(23)15(24)16(29-13)12-9-11(4)17(21)22-18(12)25/h9,12-16,23-24,26H,6-8,10H2,1-5H3,(H,27,28)(H2,21,22,25)/t12?,13-,14-,15-,16+,19?/m1/s1. The number of carbonyl (C=O) groups is 1. The van der Waals surface area contributed by atoms with E-state index in [4.69, 9.17) is 14.7 Å². The number of nitrogens with one attached hydrogen (secondary N) is 2. The third-order valence-corrected chi connectivity index (χ3v) is 8.88. The molecule has 178 valence electrons. The van der Waals surface area contributed by atoms with E-state index in [9.17, 15) is 29.6 Å². The number of aliphatic hydroxyl groups excluding tert-OH is 2. The Morgan fingerprint density at radius 1 is 1.23 bits per heavy atom. The van der Waals surface area contributed by atoms with Crippen molar-refractivity contribution in [3.8, 4) is 0 Å². The summed E-state index contributed by atoms with van der Waals surface area (Å²) >= 11 is 0. The molecule has 0 aromatic heterocycles. The maximum absolute atomic E-state index is 12.9. The second kappa shape index (κ2) is 9.39. The lowest BCUT2D eigenvalue weighted by atomic mass is 9.89. The number of aliphatic hydroxyl groups is 3. The topological polar surface area (TPSA) is 169 Å². The highest BCUT2D eigenvalue weighted by molar-refractivity contribution is 7.54. The average Bonchev–Trinajstić information content (AvgIpc) is 2.97. The summed E-state index contributed by atoms with van der Waals surface area (Å²) in [6.45, 7) is 8.14. The normalized spacial score (nSPS) is 33.5. The van der Waals surface area contributed by atoms with Gasteiger partial charge in [0.15, 0.2) is 5.34 Å². The van der Waals surface area contributed by atoms with E-state index in [0.717, 1.165) is 0 Å². The summed E-state index contributed by atoms with van der Waals surface area (Å²) in [6.07, 6.45) is -2.94. The van der Waals surface area contributed by atoms with E-state index in [1.54, 1.807) is 34.6 Å². The van der Waals surface area contributed by atoms with Gasteiger partial charge in [-0.15, -0.1) is 0 Å². The molecule has 0 spiro atoms. The number of amidine groups is 1. The van der Waals surface area contributed by atoms with Gasteiger partial charge in [-0.05, 0) is 38.7 Å². The molecule has 7 atom stereocenters. The number of carbonyl (C=O) groups excluding carboxylic acids is 1. The van der Waals surface area contributed by atoms with Crippen LogP contribution in [0.25, 0.3) is 0 Å². The Balaban J connectivity index is 2.22. The van der Waals surface area contributed by atoms with Crippen LogP contribution < -0.4 is 5.32 Å². The molecule has 0 aromatic rings. The zero-order valence-electron chi connectivity index (χ0n) is 18.7. The van der Waals surface area contributed by atoms with Crippen molar-refractivity contribution in [2.75, 3.05) is 0 Å². The molecule has 3 unspecified atom stereocenters. The van der Waals surface area contributed by atoms with Crippen molar-refractivity contribution in [3.63, 3.8) is 0 Å².